The Bertz CT molecular complexity index is 188. The van der Waals surface area contributed by atoms with Gasteiger partial charge in [0.2, 0.25) is 0 Å². The van der Waals surface area contributed by atoms with E-state index in [-0.39, 0.29) is 0 Å². The number of nitrogens with zero attached hydrogens (tertiary/aromatic N) is 1. The number of likely N-dealkylation sites (N-methyl/N-ethyl adjacent to an activating group) is 1. The number of rotatable bonds is 5. The van der Waals surface area contributed by atoms with E-state index < -0.39 is 0 Å². The van der Waals surface area contributed by atoms with Crippen molar-refractivity contribution in [3.8, 4) is 0 Å². The predicted octanol–water partition coefficient (Wildman–Crippen LogP) is 0.953. The Morgan fingerprint density at radius 3 is 2.80 bits per heavy atom. The summed E-state index contributed by atoms with van der Waals surface area (Å²) in [5.74, 6) is 1.72. The van der Waals surface area contributed by atoms with Crippen molar-refractivity contribution >= 4 is 0 Å². The lowest BCUT2D eigenvalue weighted by Crippen LogP contribution is -2.48. The minimum absolute atomic E-state index is 0.502. The molecule has 2 unspecified atom stereocenters. The molecule has 2 aliphatic rings. The fourth-order valence-corrected chi connectivity index (χ4v) is 2.56. The van der Waals surface area contributed by atoms with Crippen molar-refractivity contribution in [3.05, 3.63) is 0 Å². The predicted molar refractivity (Wildman–Crippen MR) is 62.0 cm³/mol. The van der Waals surface area contributed by atoms with Gasteiger partial charge in [-0.15, -0.1) is 0 Å². The highest BCUT2D eigenvalue weighted by Crippen LogP contribution is 2.18. The van der Waals surface area contributed by atoms with Gasteiger partial charge < -0.3 is 15.0 Å². The zero-order valence-corrected chi connectivity index (χ0v) is 10.0. The van der Waals surface area contributed by atoms with Crippen LogP contribution < -0.4 is 5.32 Å². The lowest BCUT2D eigenvalue weighted by atomic mass is 9.88. The van der Waals surface area contributed by atoms with Crippen LogP contribution in [0.15, 0.2) is 0 Å². The summed E-state index contributed by atoms with van der Waals surface area (Å²) in [7, 11) is 2.23. The molecular weight excluding hydrogens is 188 g/mol. The van der Waals surface area contributed by atoms with Crippen LogP contribution in [0.4, 0.5) is 0 Å². The van der Waals surface area contributed by atoms with Crippen LogP contribution in [-0.2, 0) is 4.74 Å². The molecule has 2 fully saturated rings. The lowest BCUT2D eigenvalue weighted by molar-refractivity contribution is 0.0713. The lowest BCUT2D eigenvalue weighted by Gasteiger charge is -2.35. The van der Waals surface area contributed by atoms with Gasteiger partial charge >= 0.3 is 0 Å². The first-order valence-electron chi connectivity index (χ1n) is 6.26. The van der Waals surface area contributed by atoms with E-state index in [9.17, 15) is 0 Å². The summed E-state index contributed by atoms with van der Waals surface area (Å²) in [6.07, 6.45) is 3.01. The molecule has 0 aromatic rings. The second kappa shape index (κ2) is 5.28. The maximum atomic E-state index is 5.65. The van der Waals surface area contributed by atoms with Gasteiger partial charge in [0.15, 0.2) is 0 Å². The molecule has 2 aliphatic heterocycles. The molecule has 3 heteroatoms. The van der Waals surface area contributed by atoms with Crippen LogP contribution in [0.2, 0.25) is 0 Å². The minimum atomic E-state index is 0.502. The van der Waals surface area contributed by atoms with E-state index in [0.717, 1.165) is 25.0 Å². The first kappa shape index (κ1) is 11.4. The Hall–Kier alpha value is -0.120. The largest absolute Gasteiger partial charge is 0.377 e. The number of hydrogen-bond donors (Lipinski definition) is 1. The summed E-state index contributed by atoms with van der Waals surface area (Å²) in [5.41, 5.74) is 0. The van der Waals surface area contributed by atoms with E-state index in [1.165, 1.54) is 32.5 Å². The highest BCUT2D eigenvalue weighted by Gasteiger charge is 2.25. The van der Waals surface area contributed by atoms with E-state index in [2.05, 4.69) is 24.2 Å². The molecule has 2 rings (SSSR count). The van der Waals surface area contributed by atoms with E-state index >= 15 is 0 Å². The van der Waals surface area contributed by atoms with Crippen LogP contribution in [0.3, 0.4) is 0 Å². The molecule has 0 aromatic carbocycles. The molecule has 88 valence electrons. The average Bonchev–Trinajstić information content (AvgIpc) is 2.52. The van der Waals surface area contributed by atoms with Gasteiger partial charge in [-0.25, -0.2) is 0 Å². The van der Waals surface area contributed by atoms with Crippen LogP contribution in [0, 0.1) is 11.8 Å². The van der Waals surface area contributed by atoms with E-state index in [4.69, 9.17) is 4.74 Å². The van der Waals surface area contributed by atoms with Crippen molar-refractivity contribution in [1.29, 1.82) is 0 Å². The molecule has 15 heavy (non-hydrogen) atoms. The van der Waals surface area contributed by atoms with Crippen molar-refractivity contribution in [2.45, 2.75) is 25.9 Å². The SMILES string of the molecule is CC(CN(C)CC1CCCO1)C1CNC1. The van der Waals surface area contributed by atoms with Gasteiger partial charge in [-0.05, 0) is 44.8 Å². The van der Waals surface area contributed by atoms with Gasteiger partial charge in [0.05, 0.1) is 6.10 Å². The standard InChI is InChI=1S/C12H24N2O/c1-10(11-6-13-7-11)8-14(2)9-12-4-3-5-15-12/h10-13H,3-9H2,1-2H3. The number of ether oxygens (including phenoxy) is 1. The Labute approximate surface area is 93.2 Å². The Morgan fingerprint density at radius 2 is 2.27 bits per heavy atom. The van der Waals surface area contributed by atoms with Crippen LogP contribution in [0.5, 0.6) is 0 Å². The molecule has 0 aliphatic carbocycles. The van der Waals surface area contributed by atoms with E-state index in [0.29, 0.717) is 6.10 Å². The first-order valence-corrected chi connectivity index (χ1v) is 6.26. The van der Waals surface area contributed by atoms with Crippen molar-refractivity contribution in [2.24, 2.45) is 11.8 Å². The molecule has 0 bridgehead atoms. The zero-order valence-electron chi connectivity index (χ0n) is 10.0. The Balaban J connectivity index is 1.64. The molecule has 0 amide bonds. The maximum Gasteiger partial charge on any atom is 0.0702 e. The molecule has 0 spiro atoms. The molecule has 3 nitrogen and oxygen atoms in total. The molecule has 2 heterocycles. The summed E-state index contributed by atoms with van der Waals surface area (Å²) in [5, 5.41) is 3.35. The molecule has 2 atom stereocenters. The summed E-state index contributed by atoms with van der Waals surface area (Å²) >= 11 is 0. The maximum absolute atomic E-state index is 5.65. The van der Waals surface area contributed by atoms with E-state index in [1.54, 1.807) is 0 Å². The second-order valence-electron chi connectivity index (χ2n) is 5.25. The third kappa shape index (κ3) is 3.16. The van der Waals surface area contributed by atoms with Crippen molar-refractivity contribution in [3.63, 3.8) is 0 Å². The molecule has 0 aromatic heterocycles. The van der Waals surface area contributed by atoms with Crippen molar-refractivity contribution in [2.75, 3.05) is 39.8 Å². The second-order valence-corrected chi connectivity index (χ2v) is 5.25. The smallest absolute Gasteiger partial charge is 0.0702 e. The highest BCUT2D eigenvalue weighted by molar-refractivity contribution is 4.81. The zero-order chi connectivity index (χ0) is 10.7. The Kier molecular flexibility index (Phi) is 4.00. The summed E-state index contributed by atoms with van der Waals surface area (Å²) in [6.45, 7) is 8.11. The highest BCUT2D eigenvalue weighted by atomic mass is 16.5. The number of hydrogen-bond acceptors (Lipinski definition) is 3. The number of nitrogens with one attached hydrogen (secondary N) is 1. The quantitative estimate of drug-likeness (QED) is 0.734. The van der Waals surface area contributed by atoms with Gasteiger partial charge in [-0.2, -0.15) is 0 Å². The molecule has 2 saturated heterocycles. The topological polar surface area (TPSA) is 24.5 Å². The van der Waals surface area contributed by atoms with Gasteiger partial charge in [0.1, 0.15) is 0 Å². The first-order chi connectivity index (χ1) is 7.25. The van der Waals surface area contributed by atoms with E-state index in [1.807, 2.05) is 0 Å². The van der Waals surface area contributed by atoms with Gasteiger partial charge in [-0.3, -0.25) is 0 Å². The van der Waals surface area contributed by atoms with Crippen molar-refractivity contribution < 1.29 is 4.74 Å². The minimum Gasteiger partial charge on any atom is -0.377 e. The molecule has 1 N–H and O–H groups in total. The van der Waals surface area contributed by atoms with Crippen LogP contribution in [0.1, 0.15) is 19.8 Å². The fourth-order valence-electron chi connectivity index (χ4n) is 2.56. The van der Waals surface area contributed by atoms with Gasteiger partial charge in [0, 0.05) is 19.7 Å². The third-order valence-electron chi connectivity index (χ3n) is 3.76. The normalized spacial score (nSPS) is 29.4. The monoisotopic (exact) mass is 212 g/mol. The van der Waals surface area contributed by atoms with Gasteiger partial charge in [0.25, 0.3) is 0 Å². The molecule has 0 saturated carbocycles. The third-order valence-corrected chi connectivity index (χ3v) is 3.76. The van der Waals surface area contributed by atoms with Crippen LogP contribution in [0.25, 0.3) is 0 Å². The average molecular weight is 212 g/mol. The van der Waals surface area contributed by atoms with Crippen LogP contribution in [-0.4, -0.2) is 50.8 Å². The Morgan fingerprint density at radius 1 is 1.47 bits per heavy atom. The van der Waals surface area contributed by atoms with Gasteiger partial charge in [-0.1, -0.05) is 6.92 Å². The fraction of sp³-hybridized carbons (Fsp3) is 1.00. The summed E-state index contributed by atoms with van der Waals surface area (Å²) < 4.78 is 5.65. The molecular formula is C12H24N2O. The summed E-state index contributed by atoms with van der Waals surface area (Å²) in [6, 6.07) is 0. The summed E-state index contributed by atoms with van der Waals surface area (Å²) in [4.78, 5) is 2.44. The van der Waals surface area contributed by atoms with Crippen LogP contribution >= 0.6 is 0 Å². The van der Waals surface area contributed by atoms with Crippen molar-refractivity contribution in [1.82, 2.24) is 10.2 Å². The molecule has 0 radical (unpaired) electrons.